The summed E-state index contributed by atoms with van der Waals surface area (Å²) in [5, 5.41) is 8.48. The van der Waals surface area contributed by atoms with Crippen molar-refractivity contribution < 1.29 is 4.79 Å². The molecular formula is C17H13N5O2. The lowest BCUT2D eigenvalue weighted by Gasteiger charge is -2.06. The number of amides is 1. The quantitative estimate of drug-likeness (QED) is 0.603. The van der Waals surface area contributed by atoms with Crippen molar-refractivity contribution in [3.8, 4) is 0 Å². The number of anilines is 1. The van der Waals surface area contributed by atoms with Crippen molar-refractivity contribution in [2.75, 3.05) is 5.32 Å². The van der Waals surface area contributed by atoms with Crippen LogP contribution in [0.1, 0.15) is 0 Å². The average molecular weight is 319 g/mol. The predicted molar refractivity (Wildman–Crippen MR) is 90.7 cm³/mol. The molecule has 0 unspecified atom stereocenters. The molecule has 0 saturated heterocycles. The lowest BCUT2D eigenvalue weighted by atomic mass is 10.2. The van der Waals surface area contributed by atoms with E-state index in [9.17, 15) is 9.59 Å². The van der Waals surface area contributed by atoms with Gasteiger partial charge < -0.3 is 10.3 Å². The first-order valence-corrected chi connectivity index (χ1v) is 7.39. The van der Waals surface area contributed by atoms with Crippen LogP contribution in [0.25, 0.3) is 21.8 Å². The highest BCUT2D eigenvalue weighted by Gasteiger charge is 2.12. The molecule has 0 fully saturated rings. The van der Waals surface area contributed by atoms with Gasteiger partial charge in [0.05, 0.1) is 18.1 Å². The molecule has 118 valence electrons. The summed E-state index contributed by atoms with van der Waals surface area (Å²) in [4.78, 5) is 31.7. The van der Waals surface area contributed by atoms with Crippen molar-refractivity contribution in [2.24, 2.45) is 0 Å². The summed E-state index contributed by atoms with van der Waals surface area (Å²) in [6.07, 6.45) is 4.76. The van der Waals surface area contributed by atoms with Crippen LogP contribution < -0.4 is 10.9 Å². The van der Waals surface area contributed by atoms with E-state index in [1.165, 1.54) is 6.20 Å². The molecule has 3 heterocycles. The van der Waals surface area contributed by atoms with E-state index in [2.05, 4.69) is 20.4 Å². The highest BCUT2D eigenvalue weighted by atomic mass is 16.2. The summed E-state index contributed by atoms with van der Waals surface area (Å²) in [7, 11) is 0. The van der Waals surface area contributed by atoms with Gasteiger partial charge in [-0.15, -0.1) is 0 Å². The number of para-hydroxylation sites is 1. The number of pyridine rings is 1. The van der Waals surface area contributed by atoms with Gasteiger partial charge in [-0.05, 0) is 18.2 Å². The Hall–Kier alpha value is -3.48. The monoisotopic (exact) mass is 319 g/mol. The Kier molecular flexibility index (Phi) is 3.31. The summed E-state index contributed by atoms with van der Waals surface area (Å²) in [5.74, 6) is -0.340. The lowest BCUT2D eigenvalue weighted by Crippen LogP contribution is -2.29. The zero-order chi connectivity index (χ0) is 16.5. The highest BCUT2D eigenvalue weighted by molar-refractivity contribution is 6.06. The van der Waals surface area contributed by atoms with Crippen LogP contribution in [0.5, 0.6) is 0 Å². The van der Waals surface area contributed by atoms with Gasteiger partial charge >= 0.3 is 0 Å². The number of carbonyl (C=O) groups is 1. The van der Waals surface area contributed by atoms with E-state index in [-0.39, 0.29) is 18.0 Å². The number of benzene rings is 1. The van der Waals surface area contributed by atoms with Crippen molar-refractivity contribution in [3.63, 3.8) is 0 Å². The highest BCUT2D eigenvalue weighted by Crippen LogP contribution is 2.21. The van der Waals surface area contributed by atoms with Gasteiger partial charge in [0.25, 0.3) is 5.56 Å². The molecule has 0 radical (unpaired) electrons. The molecule has 0 bridgehead atoms. The first-order valence-electron chi connectivity index (χ1n) is 7.39. The molecule has 7 nitrogen and oxygen atoms in total. The molecule has 0 aliphatic heterocycles. The molecule has 4 aromatic rings. The maximum atomic E-state index is 12.6. The van der Waals surface area contributed by atoms with E-state index in [4.69, 9.17) is 0 Å². The molecule has 24 heavy (non-hydrogen) atoms. The molecule has 3 aromatic heterocycles. The Morgan fingerprint density at radius 3 is 2.83 bits per heavy atom. The first-order chi connectivity index (χ1) is 11.7. The minimum Gasteiger partial charge on any atom is -0.350 e. The van der Waals surface area contributed by atoms with Crippen molar-refractivity contribution in [3.05, 3.63) is 65.3 Å². The van der Waals surface area contributed by atoms with E-state index in [1.807, 2.05) is 24.3 Å². The van der Waals surface area contributed by atoms with Gasteiger partial charge in [0.1, 0.15) is 12.1 Å². The number of hydrogen-bond acceptors (Lipinski definition) is 4. The fourth-order valence-electron chi connectivity index (χ4n) is 2.66. The van der Waals surface area contributed by atoms with Gasteiger partial charge in [0.2, 0.25) is 5.91 Å². The van der Waals surface area contributed by atoms with Crippen LogP contribution in [-0.2, 0) is 11.3 Å². The number of nitrogens with zero attached hydrogens (tertiary/aromatic N) is 3. The minimum atomic E-state index is -0.340. The Morgan fingerprint density at radius 2 is 2.00 bits per heavy atom. The number of nitrogens with one attached hydrogen (secondary N) is 2. The predicted octanol–water partition coefficient (Wildman–Crippen LogP) is 1.91. The van der Waals surface area contributed by atoms with Crippen molar-refractivity contribution in [1.29, 1.82) is 0 Å². The zero-order valence-corrected chi connectivity index (χ0v) is 12.6. The van der Waals surface area contributed by atoms with E-state index >= 15 is 0 Å². The third kappa shape index (κ3) is 2.41. The average Bonchev–Trinajstić information content (AvgIpc) is 2.98. The van der Waals surface area contributed by atoms with Crippen LogP contribution in [0.3, 0.4) is 0 Å². The fraction of sp³-hybridized carbons (Fsp3) is 0.0588. The van der Waals surface area contributed by atoms with Gasteiger partial charge in [0, 0.05) is 22.5 Å². The smallest absolute Gasteiger partial charge is 0.291 e. The third-order valence-electron chi connectivity index (χ3n) is 3.76. The molecule has 7 heteroatoms. The summed E-state index contributed by atoms with van der Waals surface area (Å²) < 4.78 is 1.14. The van der Waals surface area contributed by atoms with Crippen molar-refractivity contribution in [1.82, 2.24) is 19.7 Å². The maximum Gasteiger partial charge on any atom is 0.291 e. The van der Waals surface area contributed by atoms with E-state index < -0.39 is 0 Å². The molecule has 0 saturated carbocycles. The standard InChI is InChI=1S/C17H13N5O2/c23-15(20-11-4-3-7-18-8-11)10-22-17(24)16-13(9-19-22)12-5-1-2-6-14(12)21-16/h1-9,21H,10H2,(H,20,23). The van der Waals surface area contributed by atoms with Gasteiger partial charge in [-0.3, -0.25) is 14.6 Å². The molecule has 0 spiro atoms. The Bertz CT molecular complexity index is 1100. The number of H-pyrrole nitrogens is 1. The number of carbonyl (C=O) groups excluding carboxylic acids is 1. The lowest BCUT2D eigenvalue weighted by molar-refractivity contribution is -0.117. The number of fused-ring (bicyclic) bond motifs is 3. The van der Waals surface area contributed by atoms with E-state index in [0.29, 0.717) is 11.2 Å². The third-order valence-corrected chi connectivity index (χ3v) is 3.76. The Balaban J connectivity index is 1.67. The molecular weight excluding hydrogens is 306 g/mol. The van der Waals surface area contributed by atoms with Crippen molar-refractivity contribution >= 4 is 33.4 Å². The van der Waals surface area contributed by atoms with Crippen LogP contribution in [0.2, 0.25) is 0 Å². The Morgan fingerprint density at radius 1 is 1.12 bits per heavy atom. The second kappa shape index (κ2) is 5.62. The second-order valence-electron chi connectivity index (χ2n) is 5.36. The number of aromatic nitrogens is 4. The number of aromatic amines is 1. The largest absolute Gasteiger partial charge is 0.350 e. The summed E-state index contributed by atoms with van der Waals surface area (Å²) in [5.41, 5.74) is 1.55. The van der Waals surface area contributed by atoms with Gasteiger partial charge in [-0.25, -0.2) is 4.68 Å². The normalized spacial score (nSPS) is 11.0. The number of rotatable bonds is 3. The molecule has 4 rings (SSSR count). The molecule has 1 amide bonds. The second-order valence-corrected chi connectivity index (χ2v) is 5.36. The molecule has 2 N–H and O–H groups in total. The van der Waals surface area contributed by atoms with Gasteiger partial charge in [0.15, 0.2) is 0 Å². The molecule has 0 aliphatic rings. The van der Waals surface area contributed by atoms with Crippen molar-refractivity contribution in [2.45, 2.75) is 6.54 Å². The SMILES string of the molecule is O=C(Cn1ncc2c([nH]c3ccccc32)c1=O)Nc1cccnc1. The van der Waals surface area contributed by atoms with Crippen LogP contribution in [0, 0.1) is 0 Å². The maximum absolute atomic E-state index is 12.6. The van der Waals surface area contributed by atoms with Crippen LogP contribution in [0.15, 0.2) is 59.8 Å². The minimum absolute atomic E-state index is 0.168. The summed E-state index contributed by atoms with van der Waals surface area (Å²) in [6.45, 7) is -0.168. The Labute approximate surface area is 136 Å². The first kappa shape index (κ1) is 14.1. The van der Waals surface area contributed by atoms with E-state index in [1.54, 1.807) is 24.5 Å². The summed E-state index contributed by atoms with van der Waals surface area (Å²) in [6, 6.07) is 11.1. The van der Waals surface area contributed by atoms with Gasteiger partial charge in [-0.2, -0.15) is 5.10 Å². The van der Waals surface area contributed by atoms with Crippen LogP contribution >= 0.6 is 0 Å². The number of hydrogen-bond donors (Lipinski definition) is 2. The molecule has 0 aliphatic carbocycles. The zero-order valence-electron chi connectivity index (χ0n) is 12.6. The van der Waals surface area contributed by atoms with Gasteiger partial charge in [-0.1, -0.05) is 18.2 Å². The van der Waals surface area contributed by atoms with Crippen LogP contribution in [-0.4, -0.2) is 25.7 Å². The topological polar surface area (TPSA) is 92.7 Å². The molecule has 0 atom stereocenters. The summed E-state index contributed by atoms with van der Waals surface area (Å²) >= 11 is 0. The van der Waals surface area contributed by atoms with E-state index in [0.717, 1.165) is 21.0 Å². The molecule has 1 aromatic carbocycles. The fourth-order valence-corrected chi connectivity index (χ4v) is 2.66. The van der Waals surface area contributed by atoms with Crippen LogP contribution in [0.4, 0.5) is 5.69 Å².